The highest BCUT2D eigenvalue weighted by Gasteiger charge is 2.41. The highest BCUT2D eigenvalue weighted by atomic mass is 16.4. The van der Waals surface area contributed by atoms with Crippen molar-refractivity contribution in [2.75, 3.05) is 20.1 Å². The summed E-state index contributed by atoms with van der Waals surface area (Å²) < 4.78 is 0. The van der Waals surface area contributed by atoms with Crippen LogP contribution in [0.3, 0.4) is 0 Å². The predicted octanol–water partition coefficient (Wildman–Crippen LogP) is 3.00. The lowest BCUT2D eigenvalue weighted by atomic mass is 9.70. The summed E-state index contributed by atoms with van der Waals surface area (Å²) in [4.78, 5) is 13.8. The van der Waals surface area contributed by atoms with E-state index in [-0.39, 0.29) is 0 Å². The molecule has 0 radical (unpaired) electrons. The maximum Gasteiger partial charge on any atom is 0.310 e. The van der Waals surface area contributed by atoms with Crippen LogP contribution in [0, 0.1) is 11.3 Å². The van der Waals surface area contributed by atoms with Gasteiger partial charge in [0.1, 0.15) is 0 Å². The zero-order valence-corrected chi connectivity index (χ0v) is 11.5. The van der Waals surface area contributed by atoms with Gasteiger partial charge in [-0.15, -0.1) is 0 Å². The van der Waals surface area contributed by atoms with E-state index in [0.29, 0.717) is 5.92 Å². The molecule has 0 amide bonds. The van der Waals surface area contributed by atoms with Crippen LogP contribution in [0.5, 0.6) is 0 Å². The minimum absolute atomic E-state index is 0.477. The van der Waals surface area contributed by atoms with Crippen molar-refractivity contribution in [1.29, 1.82) is 0 Å². The molecular formula is C14H27NO2. The Bertz CT molecular complexity index is 245. The summed E-state index contributed by atoms with van der Waals surface area (Å²) in [5.41, 5.74) is -0.477. The van der Waals surface area contributed by atoms with Crippen LogP contribution in [0.2, 0.25) is 0 Å². The van der Waals surface area contributed by atoms with Crippen molar-refractivity contribution in [1.82, 2.24) is 4.90 Å². The van der Waals surface area contributed by atoms with Crippen molar-refractivity contribution >= 4 is 5.97 Å². The van der Waals surface area contributed by atoms with E-state index in [1.165, 1.54) is 6.42 Å². The third-order valence-electron chi connectivity index (χ3n) is 4.15. The number of carbonyl (C=O) groups is 1. The van der Waals surface area contributed by atoms with Gasteiger partial charge >= 0.3 is 5.97 Å². The summed E-state index contributed by atoms with van der Waals surface area (Å²) in [6.07, 6.45) is 6.14. The molecule has 0 spiro atoms. The van der Waals surface area contributed by atoms with Crippen molar-refractivity contribution in [3.05, 3.63) is 0 Å². The summed E-state index contributed by atoms with van der Waals surface area (Å²) in [6.45, 7) is 6.13. The Labute approximate surface area is 105 Å². The van der Waals surface area contributed by atoms with Crippen LogP contribution in [0.15, 0.2) is 0 Å². The fourth-order valence-corrected chi connectivity index (χ4v) is 2.78. The van der Waals surface area contributed by atoms with Gasteiger partial charge in [-0.3, -0.25) is 4.79 Å². The Balaban J connectivity index is 2.56. The Hall–Kier alpha value is -0.570. The number of hydrogen-bond acceptors (Lipinski definition) is 2. The molecule has 0 unspecified atom stereocenters. The van der Waals surface area contributed by atoms with E-state index in [0.717, 1.165) is 45.2 Å². The number of nitrogens with zero attached hydrogens (tertiary/aromatic N) is 1. The van der Waals surface area contributed by atoms with Crippen LogP contribution in [0.25, 0.3) is 0 Å². The maximum atomic E-state index is 11.6. The number of unbranched alkanes of at least 4 members (excludes halogenated alkanes) is 1. The van der Waals surface area contributed by atoms with E-state index in [2.05, 4.69) is 25.8 Å². The molecule has 1 N–H and O–H groups in total. The molecule has 100 valence electrons. The average molecular weight is 241 g/mol. The van der Waals surface area contributed by atoms with Crippen LogP contribution >= 0.6 is 0 Å². The lowest BCUT2D eigenvalue weighted by molar-refractivity contribution is -0.152. The van der Waals surface area contributed by atoms with Gasteiger partial charge < -0.3 is 10.0 Å². The van der Waals surface area contributed by atoms with Crippen molar-refractivity contribution in [2.45, 2.75) is 52.4 Å². The second kappa shape index (κ2) is 6.39. The van der Waals surface area contributed by atoms with Gasteiger partial charge in [-0.1, -0.05) is 20.3 Å². The molecule has 0 aromatic heterocycles. The number of carboxylic acids is 1. The molecule has 3 heteroatoms. The van der Waals surface area contributed by atoms with Crippen molar-refractivity contribution in [3.8, 4) is 0 Å². The monoisotopic (exact) mass is 241 g/mol. The third kappa shape index (κ3) is 3.98. The van der Waals surface area contributed by atoms with Crippen molar-refractivity contribution < 1.29 is 9.90 Å². The second-order valence-electron chi connectivity index (χ2n) is 5.86. The van der Waals surface area contributed by atoms with E-state index in [4.69, 9.17) is 0 Å². The largest absolute Gasteiger partial charge is 0.481 e. The Kier molecular flexibility index (Phi) is 5.44. The molecule has 0 atom stereocenters. The van der Waals surface area contributed by atoms with E-state index < -0.39 is 11.4 Å². The topological polar surface area (TPSA) is 40.5 Å². The molecule has 1 fully saturated rings. The van der Waals surface area contributed by atoms with Gasteiger partial charge in [-0.2, -0.15) is 0 Å². The van der Waals surface area contributed by atoms with Gasteiger partial charge in [-0.05, 0) is 51.6 Å². The van der Waals surface area contributed by atoms with Crippen LogP contribution in [0.4, 0.5) is 0 Å². The van der Waals surface area contributed by atoms with Gasteiger partial charge in [0.25, 0.3) is 0 Å². The van der Waals surface area contributed by atoms with Gasteiger partial charge in [0.05, 0.1) is 5.41 Å². The molecule has 1 aliphatic rings. The van der Waals surface area contributed by atoms with E-state index in [1.54, 1.807) is 0 Å². The number of rotatable bonds is 6. The Morgan fingerprint density at radius 2 is 2.00 bits per heavy atom. The van der Waals surface area contributed by atoms with E-state index in [9.17, 15) is 9.90 Å². The van der Waals surface area contributed by atoms with Crippen molar-refractivity contribution in [3.63, 3.8) is 0 Å². The van der Waals surface area contributed by atoms with Crippen LogP contribution in [0.1, 0.15) is 52.4 Å². The number of hydrogen-bond donors (Lipinski definition) is 1. The highest BCUT2D eigenvalue weighted by Crippen LogP contribution is 2.39. The first kappa shape index (κ1) is 14.5. The van der Waals surface area contributed by atoms with Gasteiger partial charge in [0, 0.05) is 6.54 Å². The molecule has 1 aliphatic carbocycles. The van der Waals surface area contributed by atoms with Crippen LogP contribution < -0.4 is 0 Å². The van der Waals surface area contributed by atoms with Gasteiger partial charge in [-0.25, -0.2) is 0 Å². The molecule has 0 saturated heterocycles. The first-order valence-electron chi connectivity index (χ1n) is 6.92. The molecule has 0 bridgehead atoms. The lowest BCUT2D eigenvalue weighted by Gasteiger charge is -2.38. The zero-order chi connectivity index (χ0) is 12.9. The molecule has 0 aromatic carbocycles. The molecule has 1 saturated carbocycles. The Morgan fingerprint density at radius 1 is 1.41 bits per heavy atom. The Morgan fingerprint density at radius 3 is 2.47 bits per heavy atom. The molecule has 1 rings (SSSR count). The number of carboxylic acid groups (broad SMARTS) is 1. The van der Waals surface area contributed by atoms with Crippen molar-refractivity contribution in [2.24, 2.45) is 11.3 Å². The fourth-order valence-electron chi connectivity index (χ4n) is 2.78. The number of aliphatic carboxylic acids is 1. The van der Waals surface area contributed by atoms with Crippen LogP contribution in [-0.2, 0) is 4.79 Å². The predicted molar refractivity (Wildman–Crippen MR) is 70.1 cm³/mol. The smallest absolute Gasteiger partial charge is 0.310 e. The zero-order valence-electron chi connectivity index (χ0n) is 11.5. The van der Waals surface area contributed by atoms with Gasteiger partial charge in [0.2, 0.25) is 0 Å². The summed E-state index contributed by atoms with van der Waals surface area (Å²) in [5, 5.41) is 9.52. The highest BCUT2D eigenvalue weighted by molar-refractivity contribution is 5.75. The second-order valence-corrected chi connectivity index (χ2v) is 5.86. The lowest BCUT2D eigenvalue weighted by Crippen LogP contribution is -2.44. The van der Waals surface area contributed by atoms with Crippen LogP contribution in [-0.4, -0.2) is 36.1 Å². The SMILES string of the molecule is CCCCN(C)CC1(C(=O)O)CCC(C)CC1. The molecule has 17 heavy (non-hydrogen) atoms. The summed E-state index contributed by atoms with van der Waals surface area (Å²) in [5.74, 6) is 0.108. The minimum Gasteiger partial charge on any atom is -0.481 e. The third-order valence-corrected chi connectivity index (χ3v) is 4.15. The minimum atomic E-state index is -0.590. The molecular weight excluding hydrogens is 214 g/mol. The average Bonchev–Trinajstić information content (AvgIpc) is 2.29. The molecule has 0 aliphatic heterocycles. The van der Waals surface area contributed by atoms with E-state index >= 15 is 0 Å². The quantitative estimate of drug-likeness (QED) is 0.777. The standard InChI is InChI=1S/C14H27NO2/c1-4-5-10-15(3)11-14(13(16)17)8-6-12(2)7-9-14/h12H,4-11H2,1-3H3,(H,16,17). The fraction of sp³-hybridized carbons (Fsp3) is 0.929. The molecule has 0 aromatic rings. The summed E-state index contributed by atoms with van der Waals surface area (Å²) in [7, 11) is 2.05. The maximum absolute atomic E-state index is 11.6. The first-order valence-corrected chi connectivity index (χ1v) is 6.92. The summed E-state index contributed by atoms with van der Waals surface area (Å²) in [6, 6.07) is 0. The van der Waals surface area contributed by atoms with Gasteiger partial charge in [0.15, 0.2) is 0 Å². The van der Waals surface area contributed by atoms with E-state index in [1.807, 2.05) is 0 Å². The normalized spacial score (nSPS) is 29.5. The molecule has 3 nitrogen and oxygen atoms in total. The summed E-state index contributed by atoms with van der Waals surface area (Å²) >= 11 is 0. The first-order chi connectivity index (χ1) is 8.00. The molecule has 0 heterocycles.